The third-order valence-electron chi connectivity index (χ3n) is 2.76. The number of hydrogen-bond donors (Lipinski definition) is 1. The van der Waals surface area contributed by atoms with Gasteiger partial charge < -0.3 is 14.6 Å². The van der Waals surface area contributed by atoms with E-state index >= 15 is 0 Å². The van der Waals surface area contributed by atoms with Crippen LogP contribution in [-0.2, 0) is 19.8 Å². The summed E-state index contributed by atoms with van der Waals surface area (Å²) in [6, 6.07) is 5.32. The van der Waals surface area contributed by atoms with E-state index in [0.29, 0.717) is 18.1 Å². The SMILES string of the molecule is CCn1ncnc1COc1cc(CO)ccc1OC. The lowest BCUT2D eigenvalue weighted by Crippen LogP contribution is -2.07. The van der Waals surface area contributed by atoms with Gasteiger partial charge in [0.1, 0.15) is 12.9 Å². The summed E-state index contributed by atoms with van der Waals surface area (Å²) < 4.78 is 12.7. The summed E-state index contributed by atoms with van der Waals surface area (Å²) in [6.45, 7) is 3.00. The fourth-order valence-corrected chi connectivity index (χ4v) is 1.74. The van der Waals surface area contributed by atoms with E-state index in [9.17, 15) is 0 Å². The van der Waals surface area contributed by atoms with E-state index in [1.807, 2.05) is 6.92 Å². The summed E-state index contributed by atoms with van der Waals surface area (Å²) >= 11 is 0. The second kappa shape index (κ2) is 6.19. The first-order chi connectivity index (χ1) is 9.28. The fraction of sp³-hybridized carbons (Fsp3) is 0.385. The first-order valence-corrected chi connectivity index (χ1v) is 6.05. The third-order valence-corrected chi connectivity index (χ3v) is 2.76. The van der Waals surface area contributed by atoms with Crippen LogP contribution in [-0.4, -0.2) is 27.0 Å². The molecule has 2 rings (SSSR count). The van der Waals surface area contributed by atoms with Gasteiger partial charge in [0.25, 0.3) is 0 Å². The Morgan fingerprint density at radius 1 is 1.32 bits per heavy atom. The Morgan fingerprint density at radius 2 is 2.16 bits per heavy atom. The number of benzene rings is 1. The number of aliphatic hydroxyl groups is 1. The zero-order valence-corrected chi connectivity index (χ0v) is 11.0. The van der Waals surface area contributed by atoms with Crippen LogP contribution >= 0.6 is 0 Å². The van der Waals surface area contributed by atoms with Crippen LogP contribution in [0.2, 0.25) is 0 Å². The van der Waals surface area contributed by atoms with Gasteiger partial charge in [-0.15, -0.1) is 0 Å². The molecule has 0 saturated heterocycles. The van der Waals surface area contributed by atoms with Crippen molar-refractivity contribution in [1.82, 2.24) is 14.8 Å². The number of hydrogen-bond acceptors (Lipinski definition) is 5. The highest BCUT2D eigenvalue weighted by molar-refractivity contribution is 5.42. The van der Waals surface area contributed by atoms with Gasteiger partial charge in [0.15, 0.2) is 17.3 Å². The van der Waals surface area contributed by atoms with E-state index in [0.717, 1.165) is 17.9 Å². The van der Waals surface area contributed by atoms with Crippen LogP contribution in [0.15, 0.2) is 24.5 Å². The zero-order chi connectivity index (χ0) is 13.7. The molecule has 1 N–H and O–H groups in total. The molecule has 6 heteroatoms. The Kier molecular flexibility index (Phi) is 4.35. The monoisotopic (exact) mass is 263 g/mol. The summed E-state index contributed by atoms with van der Waals surface area (Å²) in [7, 11) is 1.58. The highest BCUT2D eigenvalue weighted by Crippen LogP contribution is 2.28. The molecule has 0 bridgehead atoms. The normalized spacial score (nSPS) is 10.5. The molecule has 0 saturated carbocycles. The highest BCUT2D eigenvalue weighted by atomic mass is 16.5. The molecule has 0 spiro atoms. The highest BCUT2D eigenvalue weighted by Gasteiger charge is 2.08. The minimum absolute atomic E-state index is 0.0362. The Morgan fingerprint density at radius 3 is 2.84 bits per heavy atom. The molecular weight excluding hydrogens is 246 g/mol. The van der Waals surface area contributed by atoms with Gasteiger partial charge in [-0.3, -0.25) is 0 Å². The Bertz CT molecular complexity index is 540. The molecule has 1 heterocycles. The van der Waals surface area contributed by atoms with Crippen LogP contribution in [0.25, 0.3) is 0 Å². The lowest BCUT2D eigenvalue weighted by molar-refractivity contribution is 0.263. The molecule has 0 radical (unpaired) electrons. The molecule has 102 valence electrons. The molecular formula is C13H17N3O3. The molecule has 19 heavy (non-hydrogen) atoms. The predicted octanol–water partition coefficient (Wildman–Crippen LogP) is 1.38. The molecule has 0 atom stereocenters. The Balaban J connectivity index is 2.14. The summed E-state index contributed by atoms with van der Waals surface area (Å²) in [5, 5.41) is 13.2. The number of aryl methyl sites for hydroxylation is 1. The van der Waals surface area contributed by atoms with Gasteiger partial charge in [-0.05, 0) is 24.6 Å². The van der Waals surface area contributed by atoms with Crippen LogP contribution < -0.4 is 9.47 Å². The van der Waals surface area contributed by atoms with Crippen LogP contribution in [0.1, 0.15) is 18.3 Å². The number of aromatic nitrogens is 3. The van der Waals surface area contributed by atoms with Crippen LogP contribution in [0.3, 0.4) is 0 Å². The second-order valence-corrected chi connectivity index (χ2v) is 3.92. The second-order valence-electron chi connectivity index (χ2n) is 3.92. The number of aliphatic hydroxyl groups excluding tert-OH is 1. The standard InChI is InChI=1S/C13H17N3O3/c1-3-16-13(14-9-15-16)8-19-12-6-10(7-17)4-5-11(12)18-2/h4-6,9,17H,3,7-8H2,1-2H3. The van der Waals surface area contributed by atoms with Gasteiger partial charge in [-0.2, -0.15) is 5.10 Å². The lowest BCUT2D eigenvalue weighted by atomic mass is 10.2. The van der Waals surface area contributed by atoms with Gasteiger partial charge in [-0.1, -0.05) is 6.07 Å². The van der Waals surface area contributed by atoms with Crippen molar-refractivity contribution in [1.29, 1.82) is 0 Å². The van der Waals surface area contributed by atoms with Crippen molar-refractivity contribution in [3.05, 3.63) is 35.9 Å². The molecule has 0 aliphatic heterocycles. The quantitative estimate of drug-likeness (QED) is 0.852. The first kappa shape index (κ1) is 13.4. The van der Waals surface area contributed by atoms with Crippen molar-refractivity contribution in [2.45, 2.75) is 26.7 Å². The van der Waals surface area contributed by atoms with Gasteiger partial charge in [0.2, 0.25) is 0 Å². The van der Waals surface area contributed by atoms with Crippen molar-refractivity contribution in [3.8, 4) is 11.5 Å². The average molecular weight is 263 g/mol. The van der Waals surface area contributed by atoms with Crippen molar-refractivity contribution in [2.24, 2.45) is 0 Å². The van der Waals surface area contributed by atoms with E-state index in [-0.39, 0.29) is 6.61 Å². The molecule has 0 fully saturated rings. The molecule has 0 unspecified atom stereocenters. The molecule has 1 aromatic heterocycles. The molecule has 1 aromatic carbocycles. The Hall–Kier alpha value is -2.08. The maximum atomic E-state index is 9.14. The van der Waals surface area contributed by atoms with Gasteiger partial charge in [0.05, 0.1) is 13.7 Å². The van der Waals surface area contributed by atoms with E-state index in [1.54, 1.807) is 30.0 Å². The zero-order valence-electron chi connectivity index (χ0n) is 11.0. The van der Waals surface area contributed by atoms with Crippen LogP contribution in [0, 0.1) is 0 Å². The van der Waals surface area contributed by atoms with Gasteiger partial charge in [0, 0.05) is 6.54 Å². The summed E-state index contributed by atoms with van der Waals surface area (Å²) in [6.07, 6.45) is 1.50. The topological polar surface area (TPSA) is 69.4 Å². The van der Waals surface area contributed by atoms with Gasteiger partial charge >= 0.3 is 0 Å². The third kappa shape index (κ3) is 3.03. The van der Waals surface area contributed by atoms with E-state index < -0.39 is 0 Å². The lowest BCUT2D eigenvalue weighted by Gasteiger charge is -2.11. The Labute approximate surface area is 111 Å². The molecule has 6 nitrogen and oxygen atoms in total. The maximum Gasteiger partial charge on any atom is 0.164 e. The molecule has 2 aromatic rings. The fourth-order valence-electron chi connectivity index (χ4n) is 1.74. The summed E-state index contributed by atoms with van der Waals surface area (Å²) in [4.78, 5) is 4.14. The van der Waals surface area contributed by atoms with Crippen molar-refractivity contribution < 1.29 is 14.6 Å². The van der Waals surface area contributed by atoms with Gasteiger partial charge in [-0.25, -0.2) is 9.67 Å². The minimum atomic E-state index is -0.0362. The molecule has 0 aliphatic rings. The van der Waals surface area contributed by atoms with Crippen LogP contribution in [0.5, 0.6) is 11.5 Å². The van der Waals surface area contributed by atoms with Crippen molar-refractivity contribution >= 4 is 0 Å². The average Bonchev–Trinajstić information content (AvgIpc) is 2.92. The smallest absolute Gasteiger partial charge is 0.164 e. The van der Waals surface area contributed by atoms with Crippen molar-refractivity contribution in [2.75, 3.05) is 7.11 Å². The number of ether oxygens (including phenoxy) is 2. The first-order valence-electron chi connectivity index (χ1n) is 6.05. The van der Waals surface area contributed by atoms with E-state index in [4.69, 9.17) is 14.6 Å². The van der Waals surface area contributed by atoms with E-state index in [2.05, 4.69) is 10.1 Å². The minimum Gasteiger partial charge on any atom is -0.493 e. The predicted molar refractivity (Wildman–Crippen MR) is 68.9 cm³/mol. The summed E-state index contributed by atoms with van der Waals surface area (Å²) in [5.74, 6) is 1.96. The van der Waals surface area contributed by atoms with Crippen molar-refractivity contribution in [3.63, 3.8) is 0 Å². The maximum absolute atomic E-state index is 9.14. The number of methoxy groups -OCH3 is 1. The van der Waals surface area contributed by atoms with E-state index in [1.165, 1.54) is 6.33 Å². The number of nitrogens with zero attached hydrogens (tertiary/aromatic N) is 3. The molecule has 0 aliphatic carbocycles. The summed E-state index contributed by atoms with van der Waals surface area (Å²) in [5.41, 5.74) is 0.771. The number of rotatable bonds is 6. The van der Waals surface area contributed by atoms with Crippen LogP contribution in [0.4, 0.5) is 0 Å². The largest absolute Gasteiger partial charge is 0.493 e. The molecule has 0 amide bonds.